The van der Waals surface area contributed by atoms with Crippen LogP contribution in [0.5, 0.6) is 5.75 Å². The second kappa shape index (κ2) is 5.09. The third-order valence-electron chi connectivity index (χ3n) is 4.03. The maximum Gasteiger partial charge on any atom is 0.162 e. The Morgan fingerprint density at radius 2 is 1.81 bits per heavy atom. The van der Waals surface area contributed by atoms with Crippen molar-refractivity contribution in [1.29, 1.82) is 0 Å². The normalized spacial score (nSPS) is 25.4. The Kier molecular flexibility index (Phi) is 3.52. The van der Waals surface area contributed by atoms with Gasteiger partial charge >= 0.3 is 0 Å². The van der Waals surface area contributed by atoms with E-state index in [0.29, 0.717) is 18.3 Å². The van der Waals surface area contributed by atoms with Crippen molar-refractivity contribution in [3.8, 4) is 5.75 Å². The maximum atomic E-state index is 13.7. The zero-order valence-corrected chi connectivity index (χ0v) is 13.8. The fourth-order valence-corrected chi connectivity index (χ4v) is 5.75. The fraction of sp³-hybridized carbons (Fsp3) is 0.500. The van der Waals surface area contributed by atoms with E-state index < -0.39 is 9.71 Å². The lowest BCUT2D eigenvalue weighted by atomic mass is 10.1. The maximum absolute atomic E-state index is 13.7. The number of benzene rings is 1. The predicted octanol–water partition coefficient (Wildman–Crippen LogP) is 2.28. The van der Waals surface area contributed by atoms with Crippen LogP contribution in [0, 0.1) is 13.8 Å². The summed E-state index contributed by atoms with van der Waals surface area (Å²) in [5.41, 5.74) is 1.96. The molecule has 1 atom stereocenters. The first-order valence-corrected chi connectivity index (χ1v) is 8.65. The first kappa shape index (κ1) is 14.5. The first-order chi connectivity index (χ1) is 9.99. The van der Waals surface area contributed by atoms with Crippen molar-refractivity contribution in [2.45, 2.75) is 37.6 Å². The molecule has 1 aliphatic carbocycles. The third-order valence-corrected chi connectivity index (χ3v) is 6.82. The van der Waals surface area contributed by atoms with Gasteiger partial charge in [0.2, 0.25) is 0 Å². The summed E-state index contributed by atoms with van der Waals surface area (Å²) >= 11 is 0. The molecule has 1 aliphatic heterocycles. The van der Waals surface area contributed by atoms with Crippen LogP contribution in [0.1, 0.15) is 24.0 Å². The Morgan fingerprint density at radius 1 is 1.19 bits per heavy atom. The highest BCUT2D eigenvalue weighted by molar-refractivity contribution is 7.99. The van der Waals surface area contributed by atoms with Gasteiger partial charge in [0.15, 0.2) is 5.76 Å². The number of methoxy groups -OCH3 is 2. The van der Waals surface area contributed by atoms with E-state index in [1.807, 2.05) is 26.0 Å². The highest BCUT2D eigenvalue weighted by atomic mass is 32.2. The molecule has 0 bridgehead atoms. The minimum absolute atomic E-state index is 0.388. The summed E-state index contributed by atoms with van der Waals surface area (Å²) < 4.78 is 26.4. The average Bonchev–Trinajstić information content (AvgIpc) is 3.21. The number of aryl methyl sites for hydroxylation is 2. The van der Waals surface area contributed by atoms with E-state index in [1.54, 1.807) is 14.2 Å². The Hall–Kier alpha value is -1.42. The molecule has 21 heavy (non-hydrogen) atoms. The monoisotopic (exact) mass is 307 g/mol. The van der Waals surface area contributed by atoms with Crippen molar-refractivity contribution in [2.75, 3.05) is 20.8 Å². The Balaban J connectivity index is 2.21. The van der Waals surface area contributed by atoms with E-state index in [2.05, 4.69) is 9.33 Å². The van der Waals surface area contributed by atoms with E-state index in [-0.39, 0.29) is 0 Å². The van der Waals surface area contributed by atoms with Gasteiger partial charge in [0, 0.05) is 11.1 Å². The molecule has 114 valence electrons. The largest absolute Gasteiger partial charge is 0.497 e. The molecule has 4 nitrogen and oxygen atoms in total. The Morgan fingerprint density at radius 3 is 2.29 bits per heavy atom. The van der Waals surface area contributed by atoms with Gasteiger partial charge < -0.3 is 9.47 Å². The molecule has 1 aromatic rings. The zero-order valence-electron chi connectivity index (χ0n) is 12.9. The summed E-state index contributed by atoms with van der Waals surface area (Å²) in [7, 11) is 0.773. The van der Waals surface area contributed by atoms with Crippen LogP contribution in [0.3, 0.4) is 0 Å². The van der Waals surface area contributed by atoms with Gasteiger partial charge in [0.05, 0.1) is 25.7 Å². The van der Waals surface area contributed by atoms with Crippen molar-refractivity contribution in [3.05, 3.63) is 29.0 Å². The summed E-state index contributed by atoms with van der Waals surface area (Å²) in [6.07, 6.45) is 2.20. The molecule has 0 N–H and O–H groups in total. The molecule has 0 aromatic heterocycles. The van der Waals surface area contributed by atoms with Crippen LogP contribution < -0.4 is 4.74 Å². The van der Waals surface area contributed by atoms with Gasteiger partial charge in [-0.25, -0.2) is 8.51 Å². The molecule has 5 heteroatoms. The molecule has 0 saturated heterocycles. The van der Waals surface area contributed by atoms with Crippen LogP contribution in [-0.2, 0) is 14.4 Å². The average molecular weight is 307 g/mol. The Labute approximate surface area is 126 Å². The molecular formula is C16H21NO3S. The minimum atomic E-state index is -2.49. The van der Waals surface area contributed by atoms with Crippen molar-refractivity contribution in [1.82, 2.24) is 4.31 Å². The second-order valence-electron chi connectivity index (χ2n) is 5.65. The number of nitrogens with zero attached hydrogens (tertiary/aromatic N) is 1. The number of rotatable bonds is 4. The topological polar surface area (TPSA) is 38.8 Å². The summed E-state index contributed by atoms with van der Waals surface area (Å²) in [6.45, 7) is 4.55. The molecule has 2 aliphatic rings. The minimum Gasteiger partial charge on any atom is -0.497 e. The molecule has 1 fully saturated rings. The first-order valence-electron chi connectivity index (χ1n) is 7.13. The summed E-state index contributed by atoms with van der Waals surface area (Å²) in [6, 6.07) is 4.26. The van der Waals surface area contributed by atoms with Crippen LogP contribution in [0.15, 0.2) is 22.8 Å². The predicted molar refractivity (Wildman–Crippen MR) is 84.1 cm³/mol. The van der Waals surface area contributed by atoms with E-state index >= 15 is 0 Å². The summed E-state index contributed by atoms with van der Waals surface area (Å²) in [5, 5.41) is 3.13. The lowest BCUT2D eigenvalue weighted by Gasteiger charge is -2.24. The number of hydrogen-bond donors (Lipinski definition) is 0. The van der Waals surface area contributed by atoms with Crippen LogP contribution in [-0.4, -0.2) is 40.3 Å². The van der Waals surface area contributed by atoms with E-state index in [0.717, 1.165) is 34.6 Å². The standard InChI is InChI=1S/C16H21NO3S/c1-11-7-14(19-3)8-12(2)16(11)21(18)10-15(20-4)9-17(21)13-5-6-13/h7-8,13H,5-6,9H2,1-4H3. The van der Waals surface area contributed by atoms with Crippen LogP contribution in [0.4, 0.5) is 0 Å². The van der Waals surface area contributed by atoms with Crippen molar-refractivity contribution < 1.29 is 13.7 Å². The third kappa shape index (κ3) is 2.35. The molecule has 1 saturated carbocycles. The molecule has 1 heterocycles. The fourth-order valence-electron chi connectivity index (χ4n) is 2.92. The molecule has 0 radical (unpaired) electrons. The molecule has 1 unspecified atom stereocenters. The van der Waals surface area contributed by atoms with E-state index in [4.69, 9.17) is 9.47 Å². The molecular weight excluding hydrogens is 286 g/mol. The van der Waals surface area contributed by atoms with Gasteiger partial charge in [0.25, 0.3) is 0 Å². The highest BCUT2D eigenvalue weighted by Crippen LogP contribution is 2.37. The van der Waals surface area contributed by atoms with E-state index in [1.165, 1.54) is 0 Å². The Bertz CT molecular complexity index is 713. The molecule has 0 amide bonds. The SMILES string of the molecule is COC1=C=S(=O)(c2c(C)cc(OC)cc2C)N(C2CC2)C1. The number of hydrogen-bond acceptors (Lipinski definition) is 3. The number of ether oxygens (including phenoxy) is 2. The van der Waals surface area contributed by atoms with Gasteiger partial charge in [-0.2, -0.15) is 0 Å². The van der Waals surface area contributed by atoms with Gasteiger partial charge in [-0.05, 0) is 49.9 Å². The molecule has 0 spiro atoms. The summed E-state index contributed by atoms with van der Waals surface area (Å²) in [4.78, 5) is 0.863. The van der Waals surface area contributed by atoms with Crippen molar-refractivity contribution >= 4 is 14.7 Å². The lowest BCUT2D eigenvalue weighted by Crippen LogP contribution is -2.32. The van der Waals surface area contributed by atoms with Crippen LogP contribution >= 0.6 is 0 Å². The van der Waals surface area contributed by atoms with Crippen LogP contribution in [0.25, 0.3) is 0 Å². The smallest absolute Gasteiger partial charge is 0.162 e. The lowest BCUT2D eigenvalue weighted by molar-refractivity contribution is 0.268. The second-order valence-corrected chi connectivity index (χ2v) is 7.78. The van der Waals surface area contributed by atoms with Gasteiger partial charge in [0.1, 0.15) is 15.5 Å². The quantitative estimate of drug-likeness (QED) is 0.801. The highest BCUT2D eigenvalue weighted by Gasteiger charge is 2.40. The van der Waals surface area contributed by atoms with Crippen LogP contribution in [0.2, 0.25) is 0 Å². The van der Waals surface area contributed by atoms with Gasteiger partial charge in [-0.15, -0.1) is 0 Å². The van der Waals surface area contributed by atoms with Gasteiger partial charge in [-0.3, -0.25) is 0 Å². The zero-order chi connectivity index (χ0) is 15.2. The molecule has 1 aromatic carbocycles. The summed E-state index contributed by atoms with van der Waals surface area (Å²) in [5.74, 6) is 1.48. The van der Waals surface area contributed by atoms with Gasteiger partial charge in [-0.1, -0.05) is 0 Å². The molecule has 3 rings (SSSR count). The van der Waals surface area contributed by atoms with E-state index in [9.17, 15) is 4.21 Å². The van der Waals surface area contributed by atoms with Crippen molar-refractivity contribution in [3.63, 3.8) is 0 Å². The van der Waals surface area contributed by atoms with Crippen molar-refractivity contribution in [2.24, 2.45) is 0 Å².